The van der Waals surface area contributed by atoms with Gasteiger partial charge in [-0.3, -0.25) is 24.4 Å². The van der Waals surface area contributed by atoms with Crippen LogP contribution >= 0.6 is 0 Å². The molecule has 234 valence electrons. The zero-order valence-corrected chi connectivity index (χ0v) is 24.6. The fourth-order valence-electron chi connectivity index (χ4n) is 4.21. The number of carbonyl (C=O) groups is 3. The molecule has 0 saturated heterocycles. The Morgan fingerprint density at radius 2 is 1.56 bits per heavy atom. The Labute approximate surface area is 256 Å². The van der Waals surface area contributed by atoms with E-state index in [1.807, 2.05) is 0 Å². The summed E-state index contributed by atoms with van der Waals surface area (Å²) in [4.78, 5) is 46.5. The molecule has 45 heavy (non-hydrogen) atoms. The van der Waals surface area contributed by atoms with Crippen molar-refractivity contribution in [1.29, 1.82) is 0 Å². The number of nitrogens with one attached hydrogen (secondary N) is 1. The maximum atomic E-state index is 14.1. The second-order valence-corrected chi connectivity index (χ2v) is 11.0. The number of aromatic nitrogens is 2. The lowest BCUT2D eigenvalue weighted by Crippen LogP contribution is -2.26. The van der Waals surface area contributed by atoms with E-state index in [9.17, 15) is 31.9 Å². The number of halogens is 4. The van der Waals surface area contributed by atoms with Crippen LogP contribution in [0.1, 0.15) is 58.3 Å². The molecule has 2 aromatic carbocycles. The molecular weight excluding hydrogens is 594 g/mol. The highest BCUT2D eigenvalue weighted by molar-refractivity contribution is 6.03. The third-order valence-corrected chi connectivity index (χ3v) is 6.20. The van der Waals surface area contributed by atoms with Crippen molar-refractivity contribution in [3.63, 3.8) is 0 Å². The second-order valence-electron chi connectivity index (χ2n) is 11.0. The highest BCUT2D eigenvalue weighted by Gasteiger charge is 2.33. The van der Waals surface area contributed by atoms with Crippen LogP contribution in [-0.4, -0.2) is 39.6 Å². The van der Waals surface area contributed by atoms with Gasteiger partial charge in [0.15, 0.2) is 5.78 Å². The molecule has 0 aliphatic carbocycles. The number of rotatable bonds is 10. The number of benzene rings is 2. The Hall–Kier alpha value is -5.13. The van der Waals surface area contributed by atoms with Crippen LogP contribution in [-0.2, 0) is 28.9 Å². The van der Waals surface area contributed by atoms with Crippen LogP contribution in [0, 0.1) is 5.82 Å². The predicted octanol–water partition coefficient (Wildman–Crippen LogP) is 6.42. The first-order chi connectivity index (χ1) is 21.2. The summed E-state index contributed by atoms with van der Waals surface area (Å²) < 4.78 is 62.6. The van der Waals surface area contributed by atoms with Gasteiger partial charge in [0.1, 0.15) is 17.2 Å². The number of pyridine rings is 2. The van der Waals surface area contributed by atoms with Crippen molar-refractivity contribution in [1.82, 2.24) is 15.3 Å². The van der Waals surface area contributed by atoms with Gasteiger partial charge in [-0.05, 0) is 74.4 Å². The summed E-state index contributed by atoms with van der Waals surface area (Å²) >= 11 is 0. The quantitative estimate of drug-likeness (QED) is 0.123. The molecular formula is C33H29F4N3O5. The lowest BCUT2D eigenvalue weighted by molar-refractivity contribution is -0.274. The van der Waals surface area contributed by atoms with E-state index in [1.54, 1.807) is 63.2 Å². The van der Waals surface area contributed by atoms with Gasteiger partial charge in [0, 0.05) is 36.5 Å². The Balaban J connectivity index is 1.45. The first-order valence-corrected chi connectivity index (χ1v) is 13.7. The molecule has 0 aliphatic rings. The number of ketones is 1. The van der Waals surface area contributed by atoms with E-state index >= 15 is 0 Å². The van der Waals surface area contributed by atoms with Crippen molar-refractivity contribution in [3.05, 3.63) is 113 Å². The van der Waals surface area contributed by atoms with Gasteiger partial charge in [-0.1, -0.05) is 24.3 Å². The van der Waals surface area contributed by atoms with Gasteiger partial charge in [-0.25, -0.2) is 4.39 Å². The zero-order chi connectivity index (χ0) is 32.8. The number of nitrogens with zero attached hydrogens (tertiary/aromatic N) is 2. The van der Waals surface area contributed by atoms with Crippen molar-refractivity contribution in [2.24, 2.45) is 0 Å². The van der Waals surface area contributed by atoms with Gasteiger partial charge in [0.25, 0.3) is 5.91 Å². The number of esters is 1. The number of amides is 1. The van der Waals surface area contributed by atoms with Crippen molar-refractivity contribution in [3.8, 4) is 17.0 Å². The van der Waals surface area contributed by atoms with Gasteiger partial charge in [-0.15, -0.1) is 13.2 Å². The van der Waals surface area contributed by atoms with E-state index in [4.69, 9.17) is 4.74 Å². The number of hydrogen-bond acceptors (Lipinski definition) is 7. The summed E-state index contributed by atoms with van der Waals surface area (Å²) in [6.45, 7) is 5.12. The molecule has 0 saturated carbocycles. The van der Waals surface area contributed by atoms with Gasteiger partial charge in [-0.2, -0.15) is 0 Å². The number of carbonyl (C=O) groups excluding carboxylic acids is 3. The van der Waals surface area contributed by atoms with Crippen LogP contribution in [0.3, 0.4) is 0 Å². The first-order valence-electron chi connectivity index (χ1n) is 13.7. The highest BCUT2D eigenvalue weighted by atomic mass is 19.4. The summed E-state index contributed by atoms with van der Waals surface area (Å²) in [5.74, 6) is -3.10. The lowest BCUT2D eigenvalue weighted by atomic mass is 10.0. The predicted molar refractivity (Wildman–Crippen MR) is 156 cm³/mol. The summed E-state index contributed by atoms with van der Waals surface area (Å²) in [7, 11) is 0. The van der Waals surface area contributed by atoms with Crippen molar-refractivity contribution >= 4 is 17.7 Å². The van der Waals surface area contributed by atoms with Crippen LogP contribution in [0.25, 0.3) is 11.3 Å². The Bertz CT molecular complexity index is 1680. The van der Waals surface area contributed by atoms with Crippen LogP contribution in [0.2, 0.25) is 0 Å². The standard InChI is InChI=1S/C33H29F4N3O5/c1-32(2,3)45-30(42)16-23-11-8-21(18-38-23)19-40-31(43)25-15-22(10-13-29(25)44-33(35,36)37)28(41)14-20-9-12-27(39-17-20)24-6-4-5-7-26(24)34/h4-13,15,17-18H,14,16,19H2,1-3H3,(H,40,43). The van der Waals surface area contributed by atoms with Gasteiger partial charge in [0.2, 0.25) is 0 Å². The summed E-state index contributed by atoms with van der Waals surface area (Å²) in [5, 5.41) is 2.51. The molecule has 8 nitrogen and oxygen atoms in total. The molecule has 0 fully saturated rings. The summed E-state index contributed by atoms with van der Waals surface area (Å²) in [5.41, 5.74) is 0.900. The van der Waals surface area contributed by atoms with E-state index in [-0.39, 0.29) is 24.9 Å². The Morgan fingerprint density at radius 1 is 0.844 bits per heavy atom. The van der Waals surface area contributed by atoms with Gasteiger partial charge in [0.05, 0.1) is 23.4 Å². The molecule has 2 aromatic heterocycles. The highest BCUT2D eigenvalue weighted by Crippen LogP contribution is 2.28. The van der Waals surface area contributed by atoms with E-state index in [2.05, 4.69) is 20.0 Å². The molecule has 4 aromatic rings. The number of hydrogen-bond donors (Lipinski definition) is 1. The smallest absolute Gasteiger partial charge is 0.460 e. The first kappa shape index (κ1) is 32.8. The van der Waals surface area contributed by atoms with E-state index < -0.39 is 46.8 Å². The topological polar surface area (TPSA) is 107 Å². The summed E-state index contributed by atoms with van der Waals surface area (Å²) in [6.07, 6.45) is -2.50. The van der Waals surface area contributed by atoms with Crippen molar-refractivity contribution in [2.75, 3.05) is 0 Å². The molecule has 0 unspecified atom stereocenters. The normalized spacial score (nSPS) is 11.5. The number of alkyl halides is 3. The fourth-order valence-corrected chi connectivity index (χ4v) is 4.21. The van der Waals surface area contributed by atoms with Gasteiger partial charge < -0.3 is 14.8 Å². The molecule has 12 heteroatoms. The maximum absolute atomic E-state index is 14.1. The van der Waals surface area contributed by atoms with Crippen LogP contribution < -0.4 is 10.1 Å². The summed E-state index contributed by atoms with van der Waals surface area (Å²) in [6, 6.07) is 15.5. The largest absolute Gasteiger partial charge is 0.573 e. The number of ether oxygens (including phenoxy) is 2. The molecule has 1 amide bonds. The molecule has 0 bridgehead atoms. The van der Waals surface area contributed by atoms with Crippen molar-refractivity contribution in [2.45, 2.75) is 52.1 Å². The van der Waals surface area contributed by atoms with Crippen LogP contribution in [0.15, 0.2) is 79.1 Å². The van der Waals surface area contributed by atoms with E-state index in [1.165, 1.54) is 18.5 Å². The third-order valence-electron chi connectivity index (χ3n) is 6.20. The molecule has 0 spiro atoms. The minimum absolute atomic E-state index is 0.0268. The Morgan fingerprint density at radius 3 is 2.18 bits per heavy atom. The average molecular weight is 624 g/mol. The molecule has 0 radical (unpaired) electrons. The fraction of sp³-hybridized carbons (Fsp3) is 0.242. The molecule has 1 N–H and O–H groups in total. The zero-order valence-electron chi connectivity index (χ0n) is 24.6. The van der Waals surface area contributed by atoms with Crippen molar-refractivity contribution < 1.29 is 41.4 Å². The minimum atomic E-state index is -5.08. The van der Waals surface area contributed by atoms with E-state index in [0.717, 1.165) is 18.2 Å². The van der Waals surface area contributed by atoms with Crippen LogP contribution in [0.4, 0.5) is 17.6 Å². The average Bonchev–Trinajstić information content (AvgIpc) is 2.96. The monoisotopic (exact) mass is 623 g/mol. The van der Waals surface area contributed by atoms with E-state index in [0.29, 0.717) is 28.1 Å². The lowest BCUT2D eigenvalue weighted by Gasteiger charge is -2.19. The molecule has 0 aliphatic heterocycles. The SMILES string of the molecule is CC(C)(C)OC(=O)Cc1ccc(CNC(=O)c2cc(C(=O)Cc3ccc(-c4ccccc4F)nc3)ccc2OC(F)(F)F)cn1. The minimum Gasteiger partial charge on any atom is -0.460 e. The Kier molecular flexibility index (Phi) is 9.95. The van der Waals surface area contributed by atoms with Crippen LogP contribution in [0.5, 0.6) is 5.75 Å². The maximum Gasteiger partial charge on any atom is 0.573 e. The number of Topliss-reactive ketones (excluding diaryl/α,β-unsaturated/α-hetero) is 1. The second kappa shape index (κ2) is 13.7. The molecule has 0 atom stereocenters. The molecule has 2 heterocycles. The molecule has 4 rings (SSSR count). The third kappa shape index (κ3) is 9.68. The van der Waals surface area contributed by atoms with Gasteiger partial charge >= 0.3 is 12.3 Å².